The third-order valence-electron chi connectivity index (χ3n) is 0.0639. The van der Waals surface area contributed by atoms with Gasteiger partial charge in [-0.2, -0.15) is 0 Å². The van der Waals surface area contributed by atoms with Gasteiger partial charge in [-0.3, -0.25) is 0 Å². The fourth-order valence-electron chi connectivity index (χ4n) is 0. The van der Waals surface area contributed by atoms with E-state index in [1.165, 1.54) is 0 Å². The van der Waals surface area contributed by atoms with Crippen LogP contribution in [-0.4, -0.2) is 0 Å². The van der Waals surface area contributed by atoms with Crippen molar-refractivity contribution >= 4 is 38.1 Å². The Hall–Kier alpha value is 0.990. The van der Waals surface area contributed by atoms with Gasteiger partial charge in [0.2, 0.25) is 0 Å². The zero-order chi connectivity index (χ0) is 4.28. The molecule has 0 aliphatic heterocycles. The predicted molar refractivity (Wildman–Crippen MR) is 34.4 cm³/mol. The van der Waals surface area contributed by atoms with Gasteiger partial charge >= 0.3 is 47.4 Å². The molecule has 4 heteroatoms. The van der Waals surface area contributed by atoms with E-state index < -0.39 is 16.5 Å². The summed E-state index contributed by atoms with van der Waals surface area (Å²) in [6, 6.07) is 0. The Bertz CT molecular complexity index is 57.2. The molecular formula is CBrClIN. The summed E-state index contributed by atoms with van der Waals surface area (Å²) in [7, 11) is 5.17. The Morgan fingerprint density at radius 2 is 2.20 bits per heavy atom. The quantitative estimate of drug-likeness (QED) is 0.619. The van der Waals surface area contributed by atoms with Crippen LogP contribution in [0.3, 0.4) is 0 Å². The first-order valence-electron chi connectivity index (χ1n) is 0.698. The normalized spacial score (nSPS) is 9.40. The molecular weight excluding hydrogens is 268 g/mol. The van der Waals surface area contributed by atoms with Gasteiger partial charge < -0.3 is 0 Å². The Balaban J connectivity index is 2.94. The topological polar surface area (TPSA) is 23.8 Å². The summed E-state index contributed by atoms with van der Waals surface area (Å²) in [5.74, 6) is 0. The Morgan fingerprint density at radius 1 is 2.00 bits per heavy atom. The summed E-state index contributed by atoms with van der Waals surface area (Å²) < 4.78 is 1.87. The molecule has 0 bridgehead atoms. The van der Waals surface area contributed by atoms with Crippen LogP contribution in [0.1, 0.15) is 0 Å². The summed E-state index contributed by atoms with van der Waals surface area (Å²) in [4.78, 5) is 0. The van der Waals surface area contributed by atoms with Crippen LogP contribution in [0, 0.1) is 9.34 Å². The van der Waals surface area contributed by atoms with Crippen molar-refractivity contribution in [1.29, 1.82) is 5.26 Å². The van der Waals surface area contributed by atoms with Crippen molar-refractivity contribution in [2.45, 2.75) is 0 Å². The van der Waals surface area contributed by atoms with Crippen molar-refractivity contribution in [1.82, 2.24) is 0 Å². The van der Waals surface area contributed by atoms with E-state index in [0.717, 1.165) is 0 Å². The SMILES string of the molecule is N#CI(Cl)Br. The Kier molecular flexibility index (Phi) is 3.82. The Morgan fingerprint density at radius 3 is 2.20 bits per heavy atom. The van der Waals surface area contributed by atoms with Crippen LogP contribution < -0.4 is 0 Å². The number of halogens is 3. The van der Waals surface area contributed by atoms with E-state index in [2.05, 4.69) is 12.7 Å². The van der Waals surface area contributed by atoms with Crippen molar-refractivity contribution in [2.24, 2.45) is 0 Å². The van der Waals surface area contributed by atoms with Crippen molar-refractivity contribution in [2.75, 3.05) is 0 Å². The van der Waals surface area contributed by atoms with E-state index in [-0.39, 0.29) is 0 Å². The van der Waals surface area contributed by atoms with Crippen LogP contribution in [0.25, 0.3) is 0 Å². The molecule has 5 heavy (non-hydrogen) atoms. The molecule has 0 rings (SSSR count). The van der Waals surface area contributed by atoms with Crippen molar-refractivity contribution in [3.63, 3.8) is 0 Å². The Labute approximate surface area is 47.1 Å². The molecule has 0 spiro atoms. The predicted octanol–water partition coefficient (Wildman–Crippen LogP) is 2.44. The van der Waals surface area contributed by atoms with Crippen LogP contribution in [0.5, 0.6) is 0 Å². The van der Waals surface area contributed by atoms with Gasteiger partial charge in [0.15, 0.2) is 0 Å². The molecule has 30 valence electrons. The number of rotatable bonds is 0. The molecule has 0 saturated carbocycles. The minimum absolute atomic E-state index is 1.69. The number of nitriles is 1. The van der Waals surface area contributed by atoms with Crippen LogP contribution in [0.4, 0.5) is 0 Å². The second-order valence-electron chi connectivity index (χ2n) is 0.281. The third-order valence-corrected chi connectivity index (χ3v) is 1.76. The first kappa shape index (κ1) is 5.99. The maximum absolute atomic E-state index is 7.78. The molecule has 0 N–H and O–H groups in total. The molecule has 0 heterocycles. The first-order chi connectivity index (χ1) is 2.27. The zero-order valence-corrected chi connectivity index (χ0v) is 6.58. The van der Waals surface area contributed by atoms with Gasteiger partial charge in [-0.1, -0.05) is 0 Å². The van der Waals surface area contributed by atoms with Crippen molar-refractivity contribution in [3.8, 4) is 4.08 Å². The average molecular weight is 268 g/mol. The third kappa shape index (κ3) is 4.99. The standard InChI is InChI=1S/CBrClIN/c2-4(3)1-5. The average Bonchev–Trinajstić information content (AvgIpc) is 1.38. The first-order valence-corrected chi connectivity index (χ1v) is 9.35. The van der Waals surface area contributed by atoms with E-state index in [9.17, 15) is 0 Å². The van der Waals surface area contributed by atoms with E-state index in [1.807, 2.05) is 4.08 Å². The van der Waals surface area contributed by atoms with E-state index in [4.69, 9.17) is 14.2 Å². The molecule has 0 aliphatic rings. The number of nitrogens with zero attached hydrogens (tertiary/aromatic N) is 1. The molecule has 0 saturated heterocycles. The van der Waals surface area contributed by atoms with E-state index >= 15 is 0 Å². The molecule has 0 aliphatic carbocycles. The van der Waals surface area contributed by atoms with E-state index in [1.54, 1.807) is 0 Å². The summed E-state index contributed by atoms with van der Waals surface area (Å²) >= 11 is 1.24. The minimum atomic E-state index is -1.69. The maximum atomic E-state index is 7.78. The zero-order valence-electron chi connectivity index (χ0n) is 2.08. The van der Waals surface area contributed by atoms with Crippen LogP contribution in [0.15, 0.2) is 0 Å². The molecule has 0 fully saturated rings. The van der Waals surface area contributed by atoms with E-state index in [0.29, 0.717) is 0 Å². The van der Waals surface area contributed by atoms with Gasteiger partial charge in [0, 0.05) is 0 Å². The van der Waals surface area contributed by atoms with Crippen LogP contribution in [0.2, 0.25) is 0 Å². The molecule has 0 atom stereocenters. The molecule has 0 amide bonds. The van der Waals surface area contributed by atoms with Crippen molar-refractivity contribution < 1.29 is 0 Å². The van der Waals surface area contributed by atoms with Crippen molar-refractivity contribution in [3.05, 3.63) is 0 Å². The molecule has 0 radical (unpaired) electrons. The summed E-state index contributed by atoms with van der Waals surface area (Å²) in [5, 5.41) is 7.78. The second-order valence-corrected chi connectivity index (χ2v) is 10.1. The molecule has 0 aromatic rings. The van der Waals surface area contributed by atoms with Gasteiger partial charge in [-0.05, 0) is 0 Å². The van der Waals surface area contributed by atoms with Crippen LogP contribution in [-0.2, 0) is 0 Å². The molecule has 0 aromatic carbocycles. The molecule has 0 unspecified atom stereocenters. The fraction of sp³-hybridized carbons (Fsp3) is 0. The fourth-order valence-corrected chi connectivity index (χ4v) is 0. The second kappa shape index (κ2) is 3.19. The summed E-state index contributed by atoms with van der Waals surface area (Å²) in [6.45, 7) is 0. The van der Waals surface area contributed by atoms with Gasteiger partial charge in [0.25, 0.3) is 0 Å². The number of hydrogen-bond donors (Lipinski definition) is 0. The molecule has 0 aromatic heterocycles. The molecule has 1 nitrogen and oxygen atoms in total. The summed E-state index contributed by atoms with van der Waals surface area (Å²) in [6.07, 6.45) is 0. The summed E-state index contributed by atoms with van der Waals surface area (Å²) in [5.41, 5.74) is 0. The van der Waals surface area contributed by atoms with Gasteiger partial charge in [0.1, 0.15) is 0 Å². The van der Waals surface area contributed by atoms with Gasteiger partial charge in [-0.25, -0.2) is 0 Å². The van der Waals surface area contributed by atoms with Gasteiger partial charge in [0.05, 0.1) is 0 Å². The van der Waals surface area contributed by atoms with Gasteiger partial charge in [-0.15, -0.1) is 0 Å². The number of hydrogen-bond acceptors (Lipinski definition) is 1. The monoisotopic (exact) mass is 267 g/mol. The van der Waals surface area contributed by atoms with Crippen LogP contribution >= 0.6 is 38.1 Å².